The zero-order valence-electron chi connectivity index (χ0n) is 11.8. The fourth-order valence-corrected chi connectivity index (χ4v) is 2.56. The molecule has 1 fully saturated rings. The lowest BCUT2D eigenvalue weighted by atomic mass is 9.95. The van der Waals surface area contributed by atoms with E-state index < -0.39 is 0 Å². The Labute approximate surface area is 121 Å². The van der Waals surface area contributed by atoms with Crippen molar-refractivity contribution in [3.8, 4) is 0 Å². The van der Waals surface area contributed by atoms with Crippen molar-refractivity contribution in [1.29, 1.82) is 0 Å². The monoisotopic (exact) mass is 270 g/mol. The highest BCUT2D eigenvalue weighted by molar-refractivity contribution is 5.78. The van der Waals surface area contributed by atoms with Crippen LogP contribution in [0.1, 0.15) is 18.4 Å². The summed E-state index contributed by atoms with van der Waals surface area (Å²) in [6.07, 6.45) is 3.62. The molecule has 20 heavy (non-hydrogen) atoms. The maximum Gasteiger partial charge on any atom is 0.223 e. The van der Waals surface area contributed by atoms with Gasteiger partial charge >= 0.3 is 0 Å². The van der Waals surface area contributed by atoms with Gasteiger partial charge in [-0.1, -0.05) is 36.9 Å². The van der Waals surface area contributed by atoms with Crippen molar-refractivity contribution in [1.82, 2.24) is 10.2 Å². The zero-order chi connectivity index (χ0) is 14.2. The molecule has 0 bridgehead atoms. The average Bonchev–Trinajstić information content (AvgIpc) is 2.49. The van der Waals surface area contributed by atoms with E-state index in [0.29, 0.717) is 6.54 Å². The van der Waals surface area contributed by atoms with Gasteiger partial charge in [-0.3, -0.25) is 9.69 Å². The summed E-state index contributed by atoms with van der Waals surface area (Å²) >= 11 is 0. The van der Waals surface area contributed by atoms with Crippen molar-refractivity contribution in [2.75, 3.05) is 19.6 Å². The minimum atomic E-state index is 0.153. The van der Waals surface area contributed by atoms with Crippen molar-refractivity contribution >= 4 is 5.91 Å². The van der Waals surface area contributed by atoms with Crippen LogP contribution in [0.4, 0.5) is 0 Å². The Morgan fingerprint density at radius 2 is 2.05 bits per heavy atom. The van der Waals surface area contributed by atoms with E-state index in [2.05, 4.69) is 46.8 Å². The predicted molar refractivity (Wildman–Crippen MR) is 81.2 cm³/mol. The second kappa shape index (κ2) is 7.68. The summed E-state index contributed by atoms with van der Waals surface area (Å²) in [5, 5.41) is 2.90. The van der Waals surface area contributed by atoms with E-state index in [1.54, 1.807) is 6.08 Å². The van der Waals surface area contributed by atoms with Gasteiger partial charge in [0.05, 0.1) is 0 Å². The Morgan fingerprint density at radius 3 is 2.70 bits per heavy atom. The first-order chi connectivity index (χ1) is 9.79. The smallest absolute Gasteiger partial charge is 0.223 e. The first-order valence-corrected chi connectivity index (χ1v) is 7.18. The van der Waals surface area contributed by atoms with Crippen molar-refractivity contribution < 1.29 is 4.79 Å². The van der Waals surface area contributed by atoms with E-state index >= 15 is 0 Å². The highest BCUT2D eigenvalue weighted by atomic mass is 16.1. The molecule has 1 N–H and O–H groups in total. The molecule has 3 heteroatoms. The molecule has 1 aliphatic heterocycles. The highest BCUT2D eigenvalue weighted by Crippen LogP contribution is 2.19. The van der Waals surface area contributed by atoms with E-state index in [9.17, 15) is 4.79 Å². The molecule has 0 unspecified atom stereocenters. The molecule has 0 aromatic heterocycles. The molecule has 1 aromatic rings. The Morgan fingerprint density at radius 1 is 1.35 bits per heavy atom. The third kappa shape index (κ3) is 4.37. The van der Waals surface area contributed by atoms with Gasteiger partial charge in [-0.2, -0.15) is 0 Å². The molecule has 0 saturated carbocycles. The summed E-state index contributed by atoms with van der Waals surface area (Å²) in [6, 6.07) is 10.5. The topological polar surface area (TPSA) is 32.3 Å². The molecule has 2 rings (SSSR count). The summed E-state index contributed by atoms with van der Waals surface area (Å²) in [7, 11) is 0. The lowest BCUT2D eigenvalue weighted by Crippen LogP contribution is -2.40. The summed E-state index contributed by atoms with van der Waals surface area (Å²) < 4.78 is 0. The number of carbonyl (C=O) groups is 1. The Bertz CT molecular complexity index is 469. The third-order valence-electron chi connectivity index (χ3n) is 3.73. The molecule has 1 aliphatic rings. The van der Waals surface area contributed by atoms with Crippen molar-refractivity contribution in [2.24, 2.45) is 5.92 Å². The van der Waals surface area contributed by atoms with Crippen LogP contribution in [0.25, 0.3) is 0 Å². The fourth-order valence-electron chi connectivity index (χ4n) is 2.56. The quantitative estimate of drug-likeness (QED) is 0.833. The lowest BCUT2D eigenvalue weighted by Gasteiger charge is -2.31. The van der Waals surface area contributed by atoms with Gasteiger partial charge in [0.2, 0.25) is 5.91 Å². The maximum atomic E-state index is 11.9. The number of nitrogens with one attached hydrogen (secondary N) is 1. The number of rotatable bonds is 5. The van der Waals surface area contributed by atoms with Crippen LogP contribution in [-0.2, 0) is 11.3 Å². The predicted octanol–water partition coefficient (Wildman–Crippen LogP) is 2.36. The van der Waals surface area contributed by atoms with Crippen molar-refractivity contribution in [2.45, 2.75) is 19.4 Å². The molecule has 1 heterocycles. The van der Waals surface area contributed by atoms with Gasteiger partial charge in [-0.25, -0.2) is 0 Å². The van der Waals surface area contributed by atoms with Gasteiger partial charge in [0.25, 0.3) is 0 Å². The fraction of sp³-hybridized carbons (Fsp3) is 0.412. The molecule has 1 aromatic carbocycles. The number of nitrogens with zero attached hydrogens (tertiary/aromatic N) is 1. The molecule has 1 amide bonds. The molecule has 3 nitrogen and oxygen atoms in total. The van der Waals surface area contributed by atoms with E-state index in [0.717, 1.165) is 32.5 Å². The summed E-state index contributed by atoms with van der Waals surface area (Å²) in [6.45, 7) is 6.98. The Kier molecular flexibility index (Phi) is 5.60. The SMILES string of the molecule is C=C=CCNC(=O)C1CCN(Cc2ccccc2)CC1. The first kappa shape index (κ1) is 14.6. The molecule has 0 aliphatic carbocycles. The molecule has 106 valence electrons. The average molecular weight is 270 g/mol. The first-order valence-electron chi connectivity index (χ1n) is 7.18. The number of benzene rings is 1. The zero-order valence-corrected chi connectivity index (χ0v) is 11.8. The number of hydrogen-bond donors (Lipinski definition) is 1. The van der Waals surface area contributed by atoms with Gasteiger partial charge in [-0.05, 0) is 37.6 Å². The number of amides is 1. The summed E-state index contributed by atoms with van der Waals surface area (Å²) in [4.78, 5) is 14.4. The summed E-state index contributed by atoms with van der Waals surface area (Å²) in [5.74, 6) is 0.316. The second-order valence-corrected chi connectivity index (χ2v) is 5.19. The molecular weight excluding hydrogens is 248 g/mol. The van der Waals surface area contributed by atoms with Gasteiger partial charge in [0.15, 0.2) is 0 Å². The third-order valence-corrected chi connectivity index (χ3v) is 3.73. The molecular formula is C17H22N2O. The number of likely N-dealkylation sites (tertiary alicyclic amines) is 1. The van der Waals surface area contributed by atoms with Gasteiger partial charge < -0.3 is 5.32 Å². The molecule has 0 radical (unpaired) electrons. The van der Waals surface area contributed by atoms with Gasteiger partial charge in [0, 0.05) is 19.0 Å². The molecule has 1 saturated heterocycles. The number of piperidine rings is 1. The summed E-state index contributed by atoms with van der Waals surface area (Å²) in [5.41, 5.74) is 4.00. The van der Waals surface area contributed by atoms with Crippen LogP contribution in [-0.4, -0.2) is 30.4 Å². The normalized spacial score (nSPS) is 16.4. The van der Waals surface area contributed by atoms with Crippen LogP contribution in [0.5, 0.6) is 0 Å². The van der Waals surface area contributed by atoms with E-state index in [1.807, 2.05) is 6.07 Å². The molecule has 0 spiro atoms. The van der Waals surface area contributed by atoms with E-state index in [4.69, 9.17) is 0 Å². The van der Waals surface area contributed by atoms with E-state index in [-0.39, 0.29) is 11.8 Å². The standard InChI is InChI=1S/C17H22N2O/c1-2-3-11-18-17(20)16-9-12-19(13-10-16)14-15-7-5-4-6-8-15/h3-8,16H,1,9-14H2,(H,18,20). The van der Waals surface area contributed by atoms with Crippen LogP contribution in [0.15, 0.2) is 48.7 Å². The van der Waals surface area contributed by atoms with Crippen molar-refractivity contribution in [3.63, 3.8) is 0 Å². The van der Waals surface area contributed by atoms with Gasteiger partial charge in [0.1, 0.15) is 0 Å². The van der Waals surface area contributed by atoms with Crippen LogP contribution >= 0.6 is 0 Å². The highest BCUT2D eigenvalue weighted by Gasteiger charge is 2.24. The minimum absolute atomic E-state index is 0.153. The Balaban J connectivity index is 1.74. The second-order valence-electron chi connectivity index (χ2n) is 5.19. The lowest BCUT2D eigenvalue weighted by molar-refractivity contribution is -0.126. The van der Waals surface area contributed by atoms with Crippen molar-refractivity contribution in [3.05, 3.63) is 54.3 Å². The molecule has 0 atom stereocenters. The minimum Gasteiger partial charge on any atom is -0.352 e. The van der Waals surface area contributed by atoms with Crippen LogP contribution in [0.2, 0.25) is 0 Å². The van der Waals surface area contributed by atoms with E-state index in [1.165, 1.54) is 5.56 Å². The van der Waals surface area contributed by atoms with Crippen LogP contribution in [0, 0.1) is 5.92 Å². The Hall–Kier alpha value is -1.83. The maximum absolute atomic E-state index is 11.9. The number of hydrogen-bond acceptors (Lipinski definition) is 2. The largest absolute Gasteiger partial charge is 0.352 e. The van der Waals surface area contributed by atoms with Crippen LogP contribution < -0.4 is 5.32 Å². The van der Waals surface area contributed by atoms with Crippen LogP contribution in [0.3, 0.4) is 0 Å². The number of carbonyl (C=O) groups excluding carboxylic acids is 1. The van der Waals surface area contributed by atoms with Gasteiger partial charge in [-0.15, -0.1) is 5.73 Å².